The molecule has 0 heterocycles. The zero-order chi connectivity index (χ0) is 9.84. The lowest BCUT2D eigenvalue weighted by Crippen LogP contribution is -2.20. The first-order valence-corrected chi connectivity index (χ1v) is 4.22. The Bertz CT molecular complexity index is 297. The highest BCUT2D eigenvalue weighted by Crippen LogP contribution is 2.16. The number of rotatable bonds is 3. The molecular weight excluding hydrogens is 202 g/mol. The van der Waals surface area contributed by atoms with Crippen molar-refractivity contribution in [2.75, 3.05) is 0 Å². The fraction of sp³-hybridized carbons (Fsp3) is 0.300. The Labute approximate surface area is 89.3 Å². The quantitative estimate of drug-likeness (QED) is 0.808. The summed E-state index contributed by atoms with van der Waals surface area (Å²) in [7, 11) is 0. The highest BCUT2D eigenvalue weighted by atomic mass is 35.5. The molecule has 1 unspecified atom stereocenters. The van der Waals surface area contributed by atoms with Crippen LogP contribution in [-0.4, -0.2) is 10.9 Å². The first-order chi connectivity index (χ1) is 6.15. The van der Waals surface area contributed by atoms with Crippen molar-refractivity contribution in [3.8, 4) is 5.75 Å². The van der Waals surface area contributed by atoms with Gasteiger partial charge in [0.15, 0.2) is 5.78 Å². The molecule has 0 amide bonds. The predicted molar refractivity (Wildman–Crippen MR) is 57.6 cm³/mol. The van der Waals surface area contributed by atoms with Gasteiger partial charge >= 0.3 is 0 Å². The maximum Gasteiger partial charge on any atom is 0.153 e. The first-order valence-electron chi connectivity index (χ1n) is 4.22. The Morgan fingerprint density at radius 3 is 2.36 bits per heavy atom. The summed E-state index contributed by atoms with van der Waals surface area (Å²) in [4.78, 5) is 11.2. The van der Waals surface area contributed by atoms with Gasteiger partial charge in [-0.25, -0.2) is 0 Å². The van der Waals surface area contributed by atoms with E-state index in [4.69, 9.17) is 10.8 Å². The van der Waals surface area contributed by atoms with Gasteiger partial charge in [-0.1, -0.05) is 19.1 Å². The van der Waals surface area contributed by atoms with E-state index in [0.29, 0.717) is 6.42 Å². The normalized spacial score (nSPS) is 11.6. The fourth-order valence-electron chi connectivity index (χ4n) is 1.09. The van der Waals surface area contributed by atoms with Gasteiger partial charge in [0.05, 0.1) is 6.04 Å². The van der Waals surface area contributed by atoms with E-state index in [2.05, 4.69) is 0 Å². The van der Waals surface area contributed by atoms with Crippen molar-refractivity contribution in [2.24, 2.45) is 5.73 Å². The number of halogens is 1. The van der Waals surface area contributed by atoms with E-state index in [-0.39, 0.29) is 23.9 Å². The van der Waals surface area contributed by atoms with E-state index in [9.17, 15) is 4.79 Å². The van der Waals surface area contributed by atoms with Gasteiger partial charge in [-0.15, -0.1) is 12.4 Å². The van der Waals surface area contributed by atoms with Crippen LogP contribution in [0, 0.1) is 0 Å². The molecule has 0 aliphatic heterocycles. The van der Waals surface area contributed by atoms with E-state index in [1.165, 1.54) is 12.1 Å². The zero-order valence-corrected chi connectivity index (χ0v) is 8.75. The molecule has 3 N–H and O–H groups in total. The number of hydrogen-bond acceptors (Lipinski definition) is 3. The van der Waals surface area contributed by atoms with Crippen LogP contribution in [0.5, 0.6) is 5.75 Å². The van der Waals surface area contributed by atoms with Crippen molar-refractivity contribution in [1.29, 1.82) is 0 Å². The molecule has 1 aromatic rings. The average Bonchev–Trinajstić information content (AvgIpc) is 2.17. The second-order valence-electron chi connectivity index (χ2n) is 2.89. The summed E-state index contributed by atoms with van der Waals surface area (Å²) in [5.41, 5.74) is 6.41. The molecule has 3 nitrogen and oxygen atoms in total. The number of aromatic hydroxyl groups is 1. The number of ketones is 1. The van der Waals surface area contributed by atoms with Crippen molar-refractivity contribution in [3.63, 3.8) is 0 Å². The Kier molecular flexibility index (Phi) is 5.20. The molecular formula is C10H14ClNO2. The molecule has 0 saturated heterocycles. The van der Waals surface area contributed by atoms with Gasteiger partial charge < -0.3 is 10.8 Å². The van der Waals surface area contributed by atoms with Crippen molar-refractivity contribution >= 4 is 18.2 Å². The molecule has 1 aromatic carbocycles. The second-order valence-corrected chi connectivity index (χ2v) is 2.89. The number of phenolic OH excluding ortho intramolecular Hbond substituents is 1. The topological polar surface area (TPSA) is 63.3 Å². The summed E-state index contributed by atoms with van der Waals surface area (Å²) < 4.78 is 0. The minimum atomic E-state index is -0.564. The van der Waals surface area contributed by atoms with Crippen LogP contribution >= 0.6 is 12.4 Å². The van der Waals surface area contributed by atoms with Gasteiger partial charge in [0.1, 0.15) is 5.75 Å². The SMILES string of the molecule is CCC(=O)C(N)c1ccc(O)cc1.Cl. The number of hydrogen-bond donors (Lipinski definition) is 2. The molecule has 78 valence electrons. The van der Waals surface area contributed by atoms with Crippen molar-refractivity contribution < 1.29 is 9.90 Å². The lowest BCUT2D eigenvalue weighted by Gasteiger charge is -2.08. The van der Waals surface area contributed by atoms with Gasteiger partial charge in [-0.2, -0.15) is 0 Å². The van der Waals surface area contributed by atoms with Crippen LogP contribution < -0.4 is 5.73 Å². The Balaban J connectivity index is 0.00000169. The van der Waals surface area contributed by atoms with E-state index < -0.39 is 6.04 Å². The molecule has 14 heavy (non-hydrogen) atoms. The molecule has 0 bridgehead atoms. The van der Waals surface area contributed by atoms with Gasteiger partial charge in [-0.05, 0) is 17.7 Å². The molecule has 0 spiro atoms. The highest BCUT2D eigenvalue weighted by Gasteiger charge is 2.12. The minimum Gasteiger partial charge on any atom is -0.508 e. The van der Waals surface area contributed by atoms with Crippen molar-refractivity contribution in [2.45, 2.75) is 19.4 Å². The monoisotopic (exact) mass is 215 g/mol. The maximum absolute atomic E-state index is 11.2. The van der Waals surface area contributed by atoms with Crippen LogP contribution in [0.25, 0.3) is 0 Å². The molecule has 0 fully saturated rings. The smallest absolute Gasteiger partial charge is 0.153 e. The highest BCUT2D eigenvalue weighted by molar-refractivity contribution is 5.85. The predicted octanol–water partition coefficient (Wildman–Crippen LogP) is 1.79. The van der Waals surface area contributed by atoms with Gasteiger partial charge in [-0.3, -0.25) is 4.79 Å². The van der Waals surface area contributed by atoms with Crippen molar-refractivity contribution in [3.05, 3.63) is 29.8 Å². The van der Waals surface area contributed by atoms with E-state index in [0.717, 1.165) is 5.56 Å². The second kappa shape index (κ2) is 5.62. The molecule has 0 radical (unpaired) electrons. The molecule has 0 saturated carbocycles. The zero-order valence-electron chi connectivity index (χ0n) is 7.93. The Morgan fingerprint density at radius 2 is 1.93 bits per heavy atom. The maximum atomic E-state index is 11.2. The van der Waals surface area contributed by atoms with Crippen LogP contribution in [0.3, 0.4) is 0 Å². The van der Waals surface area contributed by atoms with Gasteiger partial charge in [0.25, 0.3) is 0 Å². The van der Waals surface area contributed by atoms with Gasteiger partial charge in [0.2, 0.25) is 0 Å². The number of benzene rings is 1. The summed E-state index contributed by atoms with van der Waals surface area (Å²) in [6.45, 7) is 1.78. The van der Waals surface area contributed by atoms with E-state index >= 15 is 0 Å². The molecule has 0 aromatic heterocycles. The lowest BCUT2D eigenvalue weighted by atomic mass is 10.0. The van der Waals surface area contributed by atoms with Crippen LogP contribution in [0.2, 0.25) is 0 Å². The molecule has 1 atom stereocenters. The molecule has 0 aliphatic carbocycles. The average molecular weight is 216 g/mol. The molecule has 1 rings (SSSR count). The van der Waals surface area contributed by atoms with Crippen LogP contribution in [0.15, 0.2) is 24.3 Å². The fourth-order valence-corrected chi connectivity index (χ4v) is 1.09. The lowest BCUT2D eigenvalue weighted by molar-refractivity contribution is -0.120. The number of nitrogens with two attached hydrogens (primary N) is 1. The summed E-state index contributed by atoms with van der Waals surface area (Å²) in [6.07, 6.45) is 0.433. The van der Waals surface area contributed by atoms with Crippen LogP contribution in [0.1, 0.15) is 24.9 Å². The number of carbonyl (C=O) groups excluding carboxylic acids is 1. The van der Waals surface area contributed by atoms with Crippen molar-refractivity contribution in [1.82, 2.24) is 0 Å². The minimum absolute atomic E-state index is 0. The van der Waals surface area contributed by atoms with Crippen LogP contribution in [0.4, 0.5) is 0 Å². The number of phenols is 1. The molecule has 4 heteroatoms. The third kappa shape index (κ3) is 3.01. The number of Topliss-reactive ketones (excluding diaryl/α,β-unsaturated/α-hetero) is 1. The third-order valence-electron chi connectivity index (χ3n) is 1.95. The summed E-state index contributed by atoms with van der Waals surface area (Å²) >= 11 is 0. The summed E-state index contributed by atoms with van der Waals surface area (Å²) in [5, 5.41) is 9.01. The Morgan fingerprint density at radius 1 is 1.43 bits per heavy atom. The van der Waals surface area contributed by atoms with E-state index in [1.54, 1.807) is 19.1 Å². The number of carbonyl (C=O) groups is 1. The Hall–Kier alpha value is -1.06. The summed E-state index contributed by atoms with van der Waals surface area (Å²) in [6, 6.07) is 5.81. The largest absolute Gasteiger partial charge is 0.508 e. The van der Waals surface area contributed by atoms with Crippen LogP contribution in [-0.2, 0) is 4.79 Å². The summed E-state index contributed by atoms with van der Waals surface area (Å²) in [5.74, 6) is 0.186. The first kappa shape index (κ1) is 12.9. The third-order valence-corrected chi connectivity index (χ3v) is 1.95. The van der Waals surface area contributed by atoms with Gasteiger partial charge in [0, 0.05) is 6.42 Å². The van der Waals surface area contributed by atoms with E-state index in [1.807, 2.05) is 0 Å². The molecule has 0 aliphatic rings. The standard InChI is InChI=1S/C10H13NO2.ClH/c1-2-9(13)10(11)7-3-5-8(12)6-4-7;/h3-6,10,12H,2,11H2,1H3;1H.